The number of nitrogens with one attached hydrogen (secondary N) is 1. The lowest BCUT2D eigenvalue weighted by Crippen LogP contribution is -2.33. The molecule has 43 heavy (non-hydrogen) atoms. The molecule has 220 valence electrons. The zero-order valence-corrected chi connectivity index (χ0v) is 25.7. The number of hydrogen-bond acceptors (Lipinski definition) is 8. The van der Waals surface area contributed by atoms with Gasteiger partial charge in [-0.2, -0.15) is 0 Å². The molecule has 0 aliphatic carbocycles. The van der Waals surface area contributed by atoms with Crippen LogP contribution in [0.4, 0.5) is 17.1 Å². The molecule has 1 N–H and O–H groups in total. The van der Waals surface area contributed by atoms with Gasteiger partial charge in [0.2, 0.25) is 17.7 Å². The summed E-state index contributed by atoms with van der Waals surface area (Å²) >= 11 is 2.23. The minimum Gasteiger partial charge on any atom is -0.497 e. The highest BCUT2D eigenvalue weighted by atomic mass is 32.2. The van der Waals surface area contributed by atoms with Gasteiger partial charge in [-0.1, -0.05) is 53.4 Å². The number of thiazole rings is 1. The first-order valence-electron chi connectivity index (χ1n) is 13.7. The molecular formula is C32H30N4O5S2. The maximum absolute atomic E-state index is 14.1. The smallest absolute Gasteiger partial charge is 0.308 e. The van der Waals surface area contributed by atoms with Crippen LogP contribution in [0.3, 0.4) is 0 Å². The van der Waals surface area contributed by atoms with E-state index in [1.54, 1.807) is 31.4 Å². The van der Waals surface area contributed by atoms with Crippen LogP contribution in [0.2, 0.25) is 0 Å². The lowest BCUT2D eigenvalue weighted by Gasteiger charge is -2.31. The van der Waals surface area contributed by atoms with Crippen LogP contribution in [0.5, 0.6) is 5.75 Å². The molecule has 3 aromatic carbocycles. The summed E-state index contributed by atoms with van der Waals surface area (Å²) in [5.74, 6) is -1.64. The van der Waals surface area contributed by atoms with Crippen molar-refractivity contribution in [3.63, 3.8) is 0 Å². The first kappa shape index (κ1) is 28.8. The van der Waals surface area contributed by atoms with Crippen molar-refractivity contribution in [2.45, 2.75) is 29.7 Å². The van der Waals surface area contributed by atoms with E-state index in [0.29, 0.717) is 27.0 Å². The zero-order chi connectivity index (χ0) is 30.4. The summed E-state index contributed by atoms with van der Waals surface area (Å²) in [4.78, 5) is 58.2. The molecule has 3 atom stereocenters. The topological polar surface area (TPSA) is 101 Å². The van der Waals surface area contributed by atoms with Crippen molar-refractivity contribution < 1.29 is 19.1 Å². The number of thioether (sulfide) groups is 1. The highest BCUT2D eigenvalue weighted by Crippen LogP contribution is 2.54. The Kier molecular flexibility index (Phi) is 7.61. The number of amides is 3. The van der Waals surface area contributed by atoms with Gasteiger partial charge in [-0.15, -0.1) is 0 Å². The number of ether oxygens (including phenoxy) is 1. The van der Waals surface area contributed by atoms with Gasteiger partial charge < -0.3 is 15.0 Å². The monoisotopic (exact) mass is 614 g/mol. The lowest BCUT2D eigenvalue weighted by molar-refractivity contribution is -0.122. The molecule has 3 amide bonds. The molecule has 3 heterocycles. The number of para-hydroxylation sites is 1. The molecule has 3 unspecified atom stereocenters. The molecule has 2 aliphatic rings. The summed E-state index contributed by atoms with van der Waals surface area (Å²) in [6.07, 6.45) is 0. The fourth-order valence-electron chi connectivity index (χ4n) is 5.63. The Morgan fingerprint density at radius 2 is 1.65 bits per heavy atom. The highest BCUT2D eigenvalue weighted by molar-refractivity contribution is 8.00. The normalized spacial score (nSPS) is 19.2. The number of aryl methyl sites for hydroxylation is 1. The van der Waals surface area contributed by atoms with Crippen LogP contribution < -0.4 is 24.7 Å². The SMILES string of the molecule is COc1ccc(N2C(=O)C3Sc4c(sc(=O)n4CC(=O)Nc4ccccc4C)C(c4ccc(N(C)C)cc4)C3C2=O)cc1. The van der Waals surface area contributed by atoms with E-state index in [-0.39, 0.29) is 29.1 Å². The van der Waals surface area contributed by atoms with Gasteiger partial charge in [-0.05, 0) is 60.5 Å². The first-order chi connectivity index (χ1) is 20.7. The third-order valence-corrected chi connectivity index (χ3v) is 10.5. The summed E-state index contributed by atoms with van der Waals surface area (Å²) in [7, 11) is 5.44. The number of imide groups is 1. The lowest BCUT2D eigenvalue weighted by atomic mass is 9.83. The molecular weight excluding hydrogens is 585 g/mol. The number of hydrogen-bond donors (Lipinski definition) is 1. The van der Waals surface area contributed by atoms with Gasteiger partial charge in [0.1, 0.15) is 17.5 Å². The number of anilines is 3. The molecule has 0 spiro atoms. The van der Waals surface area contributed by atoms with E-state index in [9.17, 15) is 19.2 Å². The van der Waals surface area contributed by atoms with E-state index in [2.05, 4.69) is 5.32 Å². The van der Waals surface area contributed by atoms with Gasteiger partial charge >= 0.3 is 4.87 Å². The van der Waals surface area contributed by atoms with E-state index in [0.717, 1.165) is 28.2 Å². The van der Waals surface area contributed by atoms with Crippen LogP contribution in [0, 0.1) is 12.8 Å². The van der Waals surface area contributed by atoms with Gasteiger partial charge in [-0.25, -0.2) is 4.90 Å². The van der Waals surface area contributed by atoms with Crippen molar-refractivity contribution in [2.24, 2.45) is 5.92 Å². The molecule has 9 nitrogen and oxygen atoms in total. The van der Waals surface area contributed by atoms with E-state index >= 15 is 0 Å². The molecule has 0 saturated carbocycles. The van der Waals surface area contributed by atoms with E-state index in [1.165, 1.54) is 21.2 Å². The number of fused-ring (bicyclic) bond motifs is 2. The third kappa shape index (κ3) is 5.12. The molecule has 1 fully saturated rings. The molecule has 1 aromatic heterocycles. The van der Waals surface area contributed by atoms with E-state index in [1.807, 2.05) is 74.4 Å². The molecule has 0 radical (unpaired) electrons. The third-order valence-electron chi connectivity index (χ3n) is 7.87. The van der Waals surface area contributed by atoms with Crippen LogP contribution in [-0.4, -0.2) is 48.7 Å². The van der Waals surface area contributed by atoms with Crippen LogP contribution in [-0.2, 0) is 20.9 Å². The number of aromatic nitrogens is 1. The zero-order valence-electron chi connectivity index (χ0n) is 24.1. The van der Waals surface area contributed by atoms with Crippen molar-refractivity contribution in [1.29, 1.82) is 0 Å². The Hall–Kier alpha value is -4.35. The van der Waals surface area contributed by atoms with Crippen LogP contribution in [0.15, 0.2) is 82.6 Å². The van der Waals surface area contributed by atoms with Crippen molar-refractivity contribution in [2.75, 3.05) is 36.3 Å². The maximum atomic E-state index is 14.1. The standard InChI is InChI=1S/C32H30N4O5S2/c1-18-7-5-6-8-23(18)33-24(37)17-35-31-28(43-32(35)40)25(19-9-11-20(12-10-19)34(2)3)26-27(42-31)30(39)36(29(26)38)21-13-15-22(41-4)16-14-21/h5-16,25-27H,17H2,1-4H3,(H,33,37). The molecule has 6 rings (SSSR count). The number of rotatable bonds is 7. The van der Waals surface area contributed by atoms with Crippen molar-refractivity contribution >= 4 is 57.9 Å². The Labute approximate surface area is 257 Å². The second-order valence-corrected chi connectivity index (χ2v) is 12.8. The maximum Gasteiger partial charge on any atom is 0.308 e. The second kappa shape index (κ2) is 11.4. The van der Waals surface area contributed by atoms with Crippen molar-refractivity contribution in [3.8, 4) is 5.75 Å². The van der Waals surface area contributed by atoms with Crippen LogP contribution >= 0.6 is 23.1 Å². The number of carbonyl (C=O) groups excluding carboxylic acids is 3. The fourth-order valence-corrected chi connectivity index (χ4v) is 8.40. The number of methoxy groups -OCH3 is 1. The van der Waals surface area contributed by atoms with Crippen molar-refractivity contribution in [3.05, 3.63) is 98.5 Å². The average Bonchev–Trinajstić information content (AvgIpc) is 3.44. The molecule has 0 bridgehead atoms. The van der Waals surface area contributed by atoms with Crippen LogP contribution in [0.1, 0.15) is 21.9 Å². The summed E-state index contributed by atoms with van der Waals surface area (Å²) in [5, 5.41) is 2.68. The second-order valence-electron chi connectivity index (χ2n) is 10.7. The quantitative estimate of drug-likeness (QED) is 0.301. The Bertz CT molecular complexity index is 1780. The minimum absolute atomic E-state index is 0.208. The first-order valence-corrected chi connectivity index (χ1v) is 15.4. The van der Waals surface area contributed by atoms with Gasteiger partial charge in [0, 0.05) is 36.3 Å². The van der Waals surface area contributed by atoms with E-state index in [4.69, 9.17) is 4.74 Å². The number of carbonyl (C=O) groups is 3. The summed E-state index contributed by atoms with van der Waals surface area (Å²) in [5.41, 5.74) is 3.85. The Balaban J connectivity index is 1.41. The average molecular weight is 615 g/mol. The predicted octanol–water partition coefficient (Wildman–Crippen LogP) is 4.73. The molecule has 4 aromatic rings. The van der Waals surface area contributed by atoms with Gasteiger partial charge in [-0.3, -0.25) is 23.7 Å². The highest BCUT2D eigenvalue weighted by Gasteiger charge is 2.56. The Morgan fingerprint density at radius 3 is 2.30 bits per heavy atom. The van der Waals surface area contributed by atoms with Crippen LogP contribution in [0.25, 0.3) is 0 Å². The minimum atomic E-state index is -0.764. The number of benzene rings is 3. The van der Waals surface area contributed by atoms with Gasteiger partial charge in [0.05, 0.1) is 23.7 Å². The summed E-state index contributed by atoms with van der Waals surface area (Å²) in [6.45, 7) is 1.69. The van der Waals surface area contributed by atoms with Crippen molar-refractivity contribution in [1.82, 2.24) is 4.57 Å². The number of nitrogens with zero attached hydrogens (tertiary/aromatic N) is 3. The summed E-state index contributed by atoms with van der Waals surface area (Å²) in [6, 6.07) is 22.1. The molecule has 11 heteroatoms. The largest absolute Gasteiger partial charge is 0.497 e. The molecule has 1 saturated heterocycles. The van der Waals surface area contributed by atoms with Gasteiger partial charge in [0.15, 0.2) is 0 Å². The predicted molar refractivity (Wildman–Crippen MR) is 170 cm³/mol. The van der Waals surface area contributed by atoms with E-state index < -0.39 is 17.1 Å². The summed E-state index contributed by atoms with van der Waals surface area (Å²) < 4.78 is 6.69. The van der Waals surface area contributed by atoms with Gasteiger partial charge in [0.25, 0.3) is 0 Å². The fraction of sp³-hybridized carbons (Fsp3) is 0.250. The Morgan fingerprint density at radius 1 is 0.953 bits per heavy atom. The molecule has 2 aliphatic heterocycles.